The fourth-order valence-electron chi connectivity index (χ4n) is 1.47. The molecule has 0 aromatic heterocycles. The molecule has 0 atom stereocenters. The molecule has 0 aliphatic carbocycles. The Bertz CT molecular complexity index is 126. The van der Waals surface area contributed by atoms with Crippen LogP contribution in [0.5, 0.6) is 0 Å². The summed E-state index contributed by atoms with van der Waals surface area (Å²) in [6.07, 6.45) is 9.45. The first-order valence-corrected chi connectivity index (χ1v) is 8.89. The largest absolute Gasteiger partial charge is 0.396 e. The Kier molecular flexibility index (Phi) is 39.6. The predicted octanol–water partition coefficient (Wildman–Crippen LogP) is 2.30. The molecule has 0 unspecified atom stereocenters. The SMILES string of the molecule is CCCCCCN.CCCOCCO.CNCCCCCO. The first kappa shape index (κ1) is 26.7. The lowest BCUT2D eigenvalue weighted by Crippen LogP contribution is -2.07. The van der Waals surface area contributed by atoms with Gasteiger partial charge in [0.15, 0.2) is 0 Å². The average molecular weight is 323 g/mol. The molecule has 0 heterocycles. The molecule has 0 aromatic carbocycles. The van der Waals surface area contributed by atoms with Crippen molar-refractivity contribution in [2.24, 2.45) is 5.73 Å². The fourth-order valence-corrected chi connectivity index (χ4v) is 1.47. The predicted molar refractivity (Wildman–Crippen MR) is 96.3 cm³/mol. The van der Waals surface area contributed by atoms with E-state index >= 15 is 0 Å². The van der Waals surface area contributed by atoms with Gasteiger partial charge in [0.1, 0.15) is 0 Å². The van der Waals surface area contributed by atoms with Crippen LogP contribution in [-0.4, -0.2) is 56.8 Å². The monoisotopic (exact) mass is 322 g/mol. The van der Waals surface area contributed by atoms with Crippen molar-refractivity contribution in [3.8, 4) is 0 Å². The van der Waals surface area contributed by atoms with E-state index in [1.165, 1.54) is 32.1 Å². The minimum absolute atomic E-state index is 0.139. The van der Waals surface area contributed by atoms with Crippen molar-refractivity contribution in [3.63, 3.8) is 0 Å². The summed E-state index contributed by atoms with van der Waals surface area (Å²) < 4.78 is 4.88. The van der Waals surface area contributed by atoms with Gasteiger partial charge in [-0.2, -0.15) is 0 Å². The number of hydrogen-bond acceptors (Lipinski definition) is 5. The Hall–Kier alpha value is -0.200. The van der Waals surface area contributed by atoms with E-state index in [0.717, 1.165) is 39.0 Å². The summed E-state index contributed by atoms with van der Waals surface area (Å²) >= 11 is 0. The van der Waals surface area contributed by atoms with Gasteiger partial charge in [0.2, 0.25) is 0 Å². The molecule has 0 aliphatic heterocycles. The van der Waals surface area contributed by atoms with Gasteiger partial charge in [-0.3, -0.25) is 0 Å². The number of ether oxygens (including phenoxy) is 1. The standard InChI is InChI=1S/C6H15NO.C6H15N.C5H12O2/c1-7-5-3-2-4-6-8;1-2-3-4-5-6-7;1-2-4-7-5-3-6/h7-8H,2-6H2,1H3;2-7H2,1H3;6H,2-5H2,1H3. The summed E-state index contributed by atoms with van der Waals surface area (Å²) in [6.45, 7) is 7.89. The Balaban J connectivity index is -0.000000247. The molecule has 0 saturated carbocycles. The maximum absolute atomic E-state index is 8.35. The highest BCUT2D eigenvalue weighted by Crippen LogP contribution is 1.95. The summed E-state index contributed by atoms with van der Waals surface area (Å²) in [5.74, 6) is 0. The van der Waals surface area contributed by atoms with Crippen LogP contribution in [0, 0.1) is 0 Å². The number of aliphatic hydroxyl groups is 2. The Morgan fingerprint density at radius 1 is 0.818 bits per heavy atom. The van der Waals surface area contributed by atoms with E-state index in [0.29, 0.717) is 13.2 Å². The van der Waals surface area contributed by atoms with Crippen LogP contribution in [0.25, 0.3) is 0 Å². The number of hydrogen-bond donors (Lipinski definition) is 4. The van der Waals surface area contributed by atoms with Crippen molar-refractivity contribution in [1.82, 2.24) is 5.32 Å². The minimum Gasteiger partial charge on any atom is -0.396 e. The molecule has 0 amide bonds. The average Bonchev–Trinajstić information content (AvgIpc) is 2.54. The van der Waals surface area contributed by atoms with Crippen LogP contribution in [0.2, 0.25) is 0 Å². The summed E-state index contributed by atoms with van der Waals surface area (Å²) in [7, 11) is 1.94. The molecule has 0 rings (SSSR count). The third kappa shape index (κ3) is 42.7. The number of aliphatic hydroxyl groups excluding tert-OH is 2. The molecule has 0 aromatic rings. The fraction of sp³-hybridized carbons (Fsp3) is 1.00. The van der Waals surface area contributed by atoms with E-state index in [1.54, 1.807) is 0 Å². The van der Waals surface area contributed by atoms with Crippen molar-refractivity contribution in [2.45, 2.75) is 65.2 Å². The lowest BCUT2D eigenvalue weighted by molar-refractivity contribution is 0.0928. The molecular weight excluding hydrogens is 280 g/mol. The lowest BCUT2D eigenvalue weighted by Gasteiger charge is -1.95. The molecule has 138 valence electrons. The van der Waals surface area contributed by atoms with E-state index in [4.69, 9.17) is 20.7 Å². The van der Waals surface area contributed by atoms with Crippen LogP contribution in [0.4, 0.5) is 0 Å². The molecule has 5 heteroatoms. The lowest BCUT2D eigenvalue weighted by atomic mass is 10.2. The van der Waals surface area contributed by atoms with Crippen molar-refractivity contribution >= 4 is 0 Å². The van der Waals surface area contributed by atoms with E-state index in [-0.39, 0.29) is 6.61 Å². The zero-order valence-corrected chi connectivity index (χ0v) is 15.3. The van der Waals surface area contributed by atoms with Gasteiger partial charge in [-0.05, 0) is 52.2 Å². The van der Waals surface area contributed by atoms with Gasteiger partial charge in [-0.1, -0.05) is 33.1 Å². The highest BCUT2D eigenvalue weighted by Gasteiger charge is 1.83. The van der Waals surface area contributed by atoms with Crippen LogP contribution in [0.3, 0.4) is 0 Å². The molecule has 0 radical (unpaired) electrons. The Morgan fingerprint density at radius 2 is 1.50 bits per heavy atom. The zero-order chi connectivity index (χ0) is 17.3. The van der Waals surface area contributed by atoms with Crippen LogP contribution >= 0.6 is 0 Å². The van der Waals surface area contributed by atoms with E-state index in [1.807, 2.05) is 14.0 Å². The van der Waals surface area contributed by atoms with Crippen molar-refractivity contribution in [2.75, 3.05) is 46.6 Å². The smallest absolute Gasteiger partial charge is 0.0697 e. The number of rotatable bonds is 13. The van der Waals surface area contributed by atoms with Crippen LogP contribution < -0.4 is 11.1 Å². The second-order valence-electron chi connectivity index (χ2n) is 5.07. The topological polar surface area (TPSA) is 87.7 Å². The minimum atomic E-state index is 0.139. The zero-order valence-electron chi connectivity index (χ0n) is 15.3. The third-order valence-electron chi connectivity index (χ3n) is 2.73. The van der Waals surface area contributed by atoms with Crippen LogP contribution in [0.1, 0.15) is 65.2 Å². The highest BCUT2D eigenvalue weighted by molar-refractivity contribution is 4.41. The normalized spacial score (nSPS) is 9.55. The van der Waals surface area contributed by atoms with Gasteiger partial charge in [0.25, 0.3) is 0 Å². The van der Waals surface area contributed by atoms with Gasteiger partial charge in [0.05, 0.1) is 13.2 Å². The van der Waals surface area contributed by atoms with Gasteiger partial charge in [0, 0.05) is 13.2 Å². The first-order chi connectivity index (χ1) is 10.7. The Labute approximate surface area is 138 Å². The molecule has 22 heavy (non-hydrogen) atoms. The summed E-state index contributed by atoms with van der Waals surface area (Å²) in [6, 6.07) is 0. The van der Waals surface area contributed by atoms with Crippen LogP contribution in [0.15, 0.2) is 0 Å². The maximum atomic E-state index is 8.35. The van der Waals surface area contributed by atoms with Gasteiger partial charge < -0.3 is 26.0 Å². The number of unbranched alkanes of at least 4 members (excludes halogenated alkanes) is 5. The third-order valence-corrected chi connectivity index (χ3v) is 2.73. The summed E-state index contributed by atoms with van der Waals surface area (Å²) in [4.78, 5) is 0. The number of nitrogens with one attached hydrogen (secondary N) is 1. The molecule has 0 fully saturated rings. The molecule has 0 saturated heterocycles. The second-order valence-corrected chi connectivity index (χ2v) is 5.07. The highest BCUT2D eigenvalue weighted by atomic mass is 16.5. The molecule has 0 bridgehead atoms. The van der Waals surface area contributed by atoms with Gasteiger partial charge in [-0.25, -0.2) is 0 Å². The summed E-state index contributed by atoms with van der Waals surface area (Å²) in [5.41, 5.74) is 5.27. The first-order valence-electron chi connectivity index (χ1n) is 8.89. The van der Waals surface area contributed by atoms with Crippen molar-refractivity contribution in [3.05, 3.63) is 0 Å². The molecule has 5 N–H and O–H groups in total. The Morgan fingerprint density at radius 3 is 1.95 bits per heavy atom. The van der Waals surface area contributed by atoms with E-state index < -0.39 is 0 Å². The van der Waals surface area contributed by atoms with E-state index in [2.05, 4.69) is 12.2 Å². The molecular formula is C17H42N2O3. The van der Waals surface area contributed by atoms with Gasteiger partial charge >= 0.3 is 0 Å². The van der Waals surface area contributed by atoms with E-state index in [9.17, 15) is 0 Å². The van der Waals surface area contributed by atoms with Crippen molar-refractivity contribution in [1.29, 1.82) is 0 Å². The van der Waals surface area contributed by atoms with Crippen molar-refractivity contribution < 1.29 is 14.9 Å². The quantitative estimate of drug-likeness (QED) is 0.391. The molecule has 0 aliphatic rings. The van der Waals surface area contributed by atoms with Crippen LogP contribution in [-0.2, 0) is 4.74 Å². The molecule has 5 nitrogen and oxygen atoms in total. The number of nitrogens with two attached hydrogens (primary N) is 1. The van der Waals surface area contributed by atoms with Gasteiger partial charge in [-0.15, -0.1) is 0 Å². The maximum Gasteiger partial charge on any atom is 0.0697 e. The molecule has 0 spiro atoms. The summed E-state index contributed by atoms with van der Waals surface area (Å²) in [5, 5.41) is 19.6. The second kappa shape index (κ2) is 32.7.